The molecular weight excluding hydrogens is 342 g/mol. The van der Waals surface area contributed by atoms with E-state index in [9.17, 15) is 4.79 Å². The monoisotopic (exact) mass is 373 g/mol. The largest absolute Gasteiger partial charge is 0.381 e. The number of anilines is 1. The van der Waals surface area contributed by atoms with Gasteiger partial charge >= 0.3 is 0 Å². The van der Waals surface area contributed by atoms with Crippen molar-refractivity contribution in [3.8, 4) is 0 Å². The van der Waals surface area contributed by atoms with Gasteiger partial charge in [0.15, 0.2) is 0 Å². The maximum atomic E-state index is 13.1. The zero-order valence-corrected chi connectivity index (χ0v) is 16.5. The normalized spacial score (nSPS) is 25.3. The van der Waals surface area contributed by atoms with Crippen LogP contribution in [-0.2, 0) is 22.5 Å². The Balaban J connectivity index is 1.44. The van der Waals surface area contributed by atoms with Gasteiger partial charge in [-0.2, -0.15) is 0 Å². The lowest BCUT2D eigenvalue weighted by atomic mass is 9.92. The lowest BCUT2D eigenvalue weighted by Gasteiger charge is -2.38. The summed E-state index contributed by atoms with van der Waals surface area (Å²) >= 11 is 0. The average Bonchev–Trinajstić information content (AvgIpc) is 2.68. The summed E-state index contributed by atoms with van der Waals surface area (Å²) in [6.07, 6.45) is 6.68. The lowest BCUT2D eigenvalue weighted by Crippen LogP contribution is -2.48. The molecule has 7 heteroatoms. The van der Waals surface area contributed by atoms with Crippen LogP contribution in [0.4, 0.5) is 5.95 Å². The van der Waals surface area contributed by atoms with E-state index in [4.69, 9.17) is 9.72 Å². The van der Waals surface area contributed by atoms with Crippen molar-refractivity contribution in [3.05, 3.63) is 17.5 Å². The van der Waals surface area contributed by atoms with Gasteiger partial charge in [0.25, 0.3) is 0 Å². The van der Waals surface area contributed by atoms with Gasteiger partial charge in [-0.1, -0.05) is 0 Å². The van der Waals surface area contributed by atoms with Crippen LogP contribution in [0.1, 0.15) is 43.9 Å². The Morgan fingerprint density at radius 3 is 2.70 bits per heavy atom. The Labute approximate surface area is 161 Å². The predicted octanol–water partition coefficient (Wildman–Crippen LogP) is 1.68. The summed E-state index contributed by atoms with van der Waals surface area (Å²) in [4.78, 5) is 26.8. The standard InChI is InChI=1S/C20H31N5O2/c1-14-11-16-12-21-20(22-17-5-9-27-10-6-17)23-18(16)13-25(14)19(26)15-3-7-24(2)8-4-15/h12,14-15,17H,3-11,13H2,1-2H3,(H,21,22,23). The first kappa shape index (κ1) is 18.6. The first-order valence-electron chi connectivity index (χ1n) is 10.3. The van der Waals surface area contributed by atoms with Gasteiger partial charge in [-0.25, -0.2) is 9.97 Å². The second-order valence-corrected chi connectivity index (χ2v) is 8.29. The predicted molar refractivity (Wildman–Crippen MR) is 103 cm³/mol. The van der Waals surface area contributed by atoms with Crippen molar-refractivity contribution in [2.45, 2.75) is 57.7 Å². The number of ether oxygens (including phenoxy) is 1. The van der Waals surface area contributed by atoms with E-state index in [-0.39, 0.29) is 12.0 Å². The van der Waals surface area contributed by atoms with Crippen molar-refractivity contribution in [3.63, 3.8) is 0 Å². The van der Waals surface area contributed by atoms with E-state index in [0.29, 0.717) is 24.4 Å². The number of piperidine rings is 1. The van der Waals surface area contributed by atoms with Gasteiger partial charge in [0.2, 0.25) is 11.9 Å². The Hall–Kier alpha value is -1.73. The third kappa shape index (κ3) is 4.24. The summed E-state index contributed by atoms with van der Waals surface area (Å²) in [5, 5.41) is 3.44. The molecule has 1 aromatic rings. The van der Waals surface area contributed by atoms with Crippen LogP contribution in [-0.4, -0.2) is 71.1 Å². The molecule has 0 bridgehead atoms. The van der Waals surface area contributed by atoms with Crippen LogP contribution in [0.25, 0.3) is 0 Å². The van der Waals surface area contributed by atoms with Gasteiger partial charge in [-0.15, -0.1) is 0 Å². The number of nitrogens with zero attached hydrogens (tertiary/aromatic N) is 4. The molecule has 3 aliphatic heterocycles. The fourth-order valence-corrected chi connectivity index (χ4v) is 4.37. The molecule has 4 heterocycles. The Kier molecular flexibility index (Phi) is 5.59. The van der Waals surface area contributed by atoms with Crippen molar-refractivity contribution in [1.82, 2.24) is 19.8 Å². The first-order valence-corrected chi connectivity index (χ1v) is 10.3. The van der Waals surface area contributed by atoms with Crippen LogP contribution in [0.3, 0.4) is 0 Å². The SMILES string of the molecule is CC1Cc2cnc(NC3CCOCC3)nc2CN1C(=O)C1CCN(C)CC1. The molecule has 1 atom stereocenters. The fraction of sp³-hybridized carbons (Fsp3) is 0.750. The van der Waals surface area contributed by atoms with Crippen molar-refractivity contribution in [2.24, 2.45) is 5.92 Å². The number of hydrogen-bond donors (Lipinski definition) is 1. The van der Waals surface area contributed by atoms with Gasteiger partial charge < -0.3 is 19.9 Å². The smallest absolute Gasteiger partial charge is 0.226 e. The van der Waals surface area contributed by atoms with Crippen molar-refractivity contribution in [2.75, 3.05) is 38.7 Å². The second-order valence-electron chi connectivity index (χ2n) is 8.29. The minimum atomic E-state index is 0.159. The van der Waals surface area contributed by atoms with E-state index in [1.54, 1.807) is 0 Å². The fourth-order valence-electron chi connectivity index (χ4n) is 4.37. The number of fused-ring (bicyclic) bond motifs is 1. The molecule has 27 heavy (non-hydrogen) atoms. The number of likely N-dealkylation sites (tertiary alicyclic amines) is 1. The van der Waals surface area contributed by atoms with Crippen LogP contribution in [0, 0.1) is 5.92 Å². The summed E-state index contributed by atoms with van der Waals surface area (Å²) in [7, 11) is 2.13. The van der Waals surface area contributed by atoms with E-state index in [1.165, 1.54) is 5.56 Å². The van der Waals surface area contributed by atoms with E-state index in [1.807, 2.05) is 11.1 Å². The third-order valence-corrected chi connectivity index (χ3v) is 6.23. The van der Waals surface area contributed by atoms with Gasteiger partial charge in [-0.3, -0.25) is 4.79 Å². The average molecular weight is 374 g/mol. The van der Waals surface area contributed by atoms with Crippen molar-refractivity contribution < 1.29 is 9.53 Å². The molecule has 0 radical (unpaired) electrons. The molecule has 148 valence electrons. The van der Waals surface area contributed by atoms with Gasteiger partial charge in [0.05, 0.1) is 12.2 Å². The molecule has 0 aromatic carbocycles. The molecule has 0 aliphatic carbocycles. The molecule has 1 aromatic heterocycles. The summed E-state index contributed by atoms with van der Waals surface area (Å²) in [5.41, 5.74) is 2.17. The van der Waals surface area contributed by atoms with Crippen LogP contribution >= 0.6 is 0 Å². The zero-order chi connectivity index (χ0) is 18.8. The highest BCUT2D eigenvalue weighted by atomic mass is 16.5. The number of amides is 1. The van der Waals surface area contributed by atoms with Gasteiger partial charge in [-0.05, 0) is 64.7 Å². The topological polar surface area (TPSA) is 70.6 Å². The van der Waals surface area contributed by atoms with Gasteiger partial charge in [0, 0.05) is 37.4 Å². The number of rotatable bonds is 3. The Morgan fingerprint density at radius 2 is 1.96 bits per heavy atom. The summed E-state index contributed by atoms with van der Waals surface area (Å²) in [6, 6.07) is 0.582. The molecule has 1 unspecified atom stereocenters. The summed E-state index contributed by atoms with van der Waals surface area (Å²) < 4.78 is 5.42. The van der Waals surface area contributed by atoms with E-state index in [0.717, 1.165) is 64.1 Å². The molecule has 7 nitrogen and oxygen atoms in total. The zero-order valence-electron chi connectivity index (χ0n) is 16.5. The molecular formula is C20H31N5O2. The molecule has 1 amide bonds. The quantitative estimate of drug-likeness (QED) is 0.869. The molecule has 2 fully saturated rings. The lowest BCUT2D eigenvalue weighted by molar-refractivity contribution is -0.140. The van der Waals surface area contributed by atoms with Crippen LogP contribution in [0.5, 0.6) is 0 Å². The maximum absolute atomic E-state index is 13.1. The van der Waals surface area contributed by atoms with Crippen LogP contribution in [0.15, 0.2) is 6.20 Å². The van der Waals surface area contributed by atoms with E-state index < -0.39 is 0 Å². The molecule has 4 rings (SSSR count). The van der Waals surface area contributed by atoms with Crippen molar-refractivity contribution >= 4 is 11.9 Å². The minimum Gasteiger partial charge on any atom is -0.381 e. The van der Waals surface area contributed by atoms with Crippen LogP contribution in [0.2, 0.25) is 0 Å². The first-order chi connectivity index (χ1) is 13.1. The molecule has 0 spiro atoms. The number of nitrogens with one attached hydrogen (secondary N) is 1. The second kappa shape index (κ2) is 8.10. The number of aromatic nitrogens is 2. The number of hydrogen-bond acceptors (Lipinski definition) is 6. The van der Waals surface area contributed by atoms with Crippen LogP contribution < -0.4 is 5.32 Å². The number of carbonyl (C=O) groups is 1. The highest BCUT2D eigenvalue weighted by molar-refractivity contribution is 5.79. The Bertz CT molecular complexity index is 668. The molecule has 2 saturated heterocycles. The van der Waals surface area contributed by atoms with Gasteiger partial charge in [0.1, 0.15) is 0 Å². The van der Waals surface area contributed by atoms with E-state index >= 15 is 0 Å². The molecule has 1 N–H and O–H groups in total. The summed E-state index contributed by atoms with van der Waals surface area (Å²) in [6.45, 7) is 6.35. The van der Waals surface area contributed by atoms with E-state index in [2.05, 4.69) is 29.2 Å². The minimum absolute atomic E-state index is 0.159. The molecule has 3 aliphatic rings. The Morgan fingerprint density at radius 1 is 1.22 bits per heavy atom. The summed E-state index contributed by atoms with van der Waals surface area (Å²) in [5.74, 6) is 1.15. The molecule has 0 saturated carbocycles. The number of carbonyl (C=O) groups excluding carboxylic acids is 1. The highest BCUT2D eigenvalue weighted by Crippen LogP contribution is 2.27. The third-order valence-electron chi connectivity index (χ3n) is 6.23. The van der Waals surface area contributed by atoms with Crippen molar-refractivity contribution in [1.29, 1.82) is 0 Å². The highest BCUT2D eigenvalue weighted by Gasteiger charge is 2.33. The maximum Gasteiger partial charge on any atom is 0.226 e.